The van der Waals surface area contributed by atoms with Crippen molar-refractivity contribution < 1.29 is 14.1 Å². The third-order valence-corrected chi connectivity index (χ3v) is 5.15. The number of anilines is 1. The largest absolute Gasteiger partial charge is 0.360 e. The van der Waals surface area contributed by atoms with Gasteiger partial charge in [-0.3, -0.25) is 9.59 Å². The second-order valence-electron chi connectivity index (χ2n) is 7.73. The summed E-state index contributed by atoms with van der Waals surface area (Å²) < 4.78 is 4.95. The van der Waals surface area contributed by atoms with Gasteiger partial charge >= 0.3 is 0 Å². The number of nitrogens with zero attached hydrogens (tertiary/aromatic N) is 2. The molecule has 1 rings (SSSR count). The molecule has 0 bridgehead atoms. The van der Waals surface area contributed by atoms with Crippen LogP contribution in [0.1, 0.15) is 97.2 Å². The number of aryl methyl sites for hydroxylation is 1. The van der Waals surface area contributed by atoms with Crippen LogP contribution in [0.5, 0.6) is 0 Å². The van der Waals surface area contributed by atoms with Crippen molar-refractivity contribution in [2.75, 3.05) is 11.9 Å². The third kappa shape index (κ3) is 9.90. The molecule has 0 aliphatic heterocycles. The monoisotopic (exact) mass is 393 g/mol. The predicted molar refractivity (Wildman–Crippen MR) is 113 cm³/mol. The number of nitrogens with one attached hydrogen (secondary N) is 1. The zero-order valence-electron chi connectivity index (χ0n) is 18.3. The Bertz CT molecular complexity index is 571. The molecular formula is C22H39N3O3. The predicted octanol–water partition coefficient (Wildman–Crippen LogP) is 5.47. The van der Waals surface area contributed by atoms with E-state index in [9.17, 15) is 9.59 Å². The van der Waals surface area contributed by atoms with Crippen molar-refractivity contribution >= 4 is 17.6 Å². The second-order valence-corrected chi connectivity index (χ2v) is 7.73. The molecule has 1 heterocycles. The highest BCUT2D eigenvalue weighted by atomic mass is 16.5. The van der Waals surface area contributed by atoms with E-state index >= 15 is 0 Å². The minimum absolute atomic E-state index is 0.0378. The smallest absolute Gasteiger partial charge is 0.245 e. The summed E-state index contributed by atoms with van der Waals surface area (Å²) >= 11 is 0. The van der Waals surface area contributed by atoms with Crippen LogP contribution in [0.4, 0.5) is 5.82 Å². The molecule has 0 aromatic carbocycles. The molecule has 1 N–H and O–H groups in total. The van der Waals surface area contributed by atoms with Crippen LogP contribution in [-0.4, -0.2) is 34.5 Å². The molecule has 6 heteroatoms. The van der Waals surface area contributed by atoms with Crippen LogP contribution >= 0.6 is 0 Å². The van der Waals surface area contributed by atoms with E-state index in [1.165, 1.54) is 44.9 Å². The fraction of sp³-hybridized carbons (Fsp3) is 0.773. The van der Waals surface area contributed by atoms with Crippen LogP contribution in [0, 0.1) is 6.92 Å². The van der Waals surface area contributed by atoms with Crippen LogP contribution < -0.4 is 5.32 Å². The Morgan fingerprint density at radius 2 is 1.68 bits per heavy atom. The first-order valence-corrected chi connectivity index (χ1v) is 11.0. The fourth-order valence-corrected chi connectivity index (χ4v) is 3.20. The van der Waals surface area contributed by atoms with Crippen molar-refractivity contribution in [2.45, 2.75) is 104 Å². The number of hydrogen-bond donors (Lipinski definition) is 1. The molecule has 1 aromatic rings. The van der Waals surface area contributed by atoms with Crippen LogP contribution in [0.25, 0.3) is 0 Å². The van der Waals surface area contributed by atoms with Gasteiger partial charge in [-0.2, -0.15) is 0 Å². The van der Waals surface area contributed by atoms with E-state index in [-0.39, 0.29) is 24.4 Å². The van der Waals surface area contributed by atoms with E-state index in [0.29, 0.717) is 18.0 Å². The topological polar surface area (TPSA) is 75.4 Å². The number of hydrogen-bond acceptors (Lipinski definition) is 4. The highest BCUT2D eigenvalue weighted by molar-refractivity contribution is 5.93. The summed E-state index contributed by atoms with van der Waals surface area (Å²) in [6.45, 7) is 8.07. The summed E-state index contributed by atoms with van der Waals surface area (Å²) in [7, 11) is 0. The summed E-state index contributed by atoms with van der Waals surface area (Å²) in [6, 6.07) is 1.70. The summed E-state index contributed by atoms with van der Waals surface area (Å²) in [4.78, 5) is 26.6. The summed E-state index contributed by atoms with van der Waals surface area (Å²) in [6.07, 6.45) is 12.3. The van der Waals surface area contributed by atoms with Crippen LogP contribution in [-0.2, 0) is 9.59 Å². The van der Waals surface area contributed by atoms with Gasteiger partial charge in [0.2, 0.25) is 11.8 Å². The minimum atomic E-state index is -0.242. The van der Waals surface area contributed by atoms with E-state index < -0.39 is 0 Å². The Morgan fingerprint density at radius 1 is 1.07 bits per heavy atom. The molecule has 0 spiro atoms. The highest BCUT2D eigenvalue weighted by Crippen LogP contribution is 2.13. The molecule has 1 atom stereocenters. The summed E-state index contributed by atoms with van der Waals surface area (Å²) in [5.41, 5.74) is 0. The average Bonchev–Trinajstić information content (AvgIpc) is 3.08. The van der Waals surface area contributed by atoms with Gasteiger partial charge in [0.05, 0.1) is 0 Å². The van der Waals surface area contributed by atoms with Crippen molar-refractivity contribution in [1.82, 2.24) is 10.1 Å². The Kier molecular flexibility index (Phi) is 12.3. The summed E-state index contributed by atoms with van der Waals surface area (Å²) in [5.74, 6) is 0.839. The van der Waals surface area contributed by atoms with Crippen molar-refractivity contribution in [3.8, 4) is 0 Å². The van der Waals surface area contributed by atoms with E-state index in [1.807, 2.05) is 13.8 Å². The first-order chi connectivity index (χ1) is 13.5. The number of rotatable bonds is 15. The average molecular weight is 394 g/mol. The molecule has 2 amide bonds. The van der Waals surface area contributed by atoms with Crippen molar-refractivity contribution in [3.63, 3.8) is 0 Å². The number of unbranched alkanes of at least 4 members (excludes halogenated alkanes) is 8. The minimum Gasteiger partial charge on any atom is -0.360 e. The normalized spacial score (nSPS) is 12.0. The van der Waals surface area contributed by atoms with E-state index in [1.54, 1.807) is 17.9 Å². The van der Waals surface area contributed by atoms with Gasteiger partial charge in [-0.05, 0) is 26.7 Å². The molecule has 28 heavy (non-hydrogen) atoms. The Labute approximate surface area is 170 Å². The van der Waals surface area contributed by atoms with Gasteiger partial charge in [-0.25, -0.2) is 0 Å². The number of aromatic nitrogens is 1. The first kappa shape index (κ1) is 24.2. The van der Waals surface area contributed by atoms with Gasteiger partial charge in [0.25, 0.3) is 0 Å². The molecule has 0 unspecified atom stereocenters. The zero-order valence-corrected chi connectivity index (χ0v) is 18.3. The third-order valence-electron chi connectivity index (χ3n) is 5.15. The van der Waals surface area contributed by atoms with Gasteiger partial charge in [0, 0.05) is 18.5 Å². The fourth-order valence-electron chi connectivity index (χ4n) is 3.20. The van der Waals surface area contributed by atoms with Gasteiger partial charge in [0.1, 0.15) is 12.3 Å². The van der Waals surface area contributed by atoms with Gasteiger partial charge in [0.15, 0.2) is 5.82 Å². The lowest BCUT2D eigenvalue weighted by Gasteiger charge is -2.28. The van der Waals surface area contributed by atoms with Crippen molar-refractivity contribution in [3.05, 3.63) is 11.8 Å². The van der Waals surface area contributed by atoms with Crippen molar-refractivity contribution in [2.24, 2.45) is 0 Å². The molecule has 1 aromatic heterocycles. The number of carbonyl (C=O) groups is 2. The molecule has 0 saturated heterocycles. The maximum absolute atomic E-state index is 12.7. The highest BCUT2D eigenvalue weighted by Gasteiger charge is 2.21. The zero-order chi connectivity index (χ0) is 20.8. The van der Waals surface area contributed by atoms with Gasteiger partial charge < -0.3 is 14.7 Å². The van der Waals surface area contributed by atoms with E-state index in [4.69, 9.17) is 4.52 Å². The Hall–Kier alpha value is -1.85. The van der Waals surface area contributed by atoms with Gasteiger partial charge in [-0.15, -0.1) is 0 Å². The maximum Gasteiger partial charge on any atom is 0.245 e. The molecule has 0 aliphatic rings. The van der Waals surface area contributed by atoms with E-state index in [2.05, 4.69) is 17.4 Å². The molecule has 0 radical (unpaired) electrons. The first-order valence-electron chi connectivity index (χ1n) is 11.0. The van der Waals surface area contributed by atoms with Gasteiger partial charge in [-0.1, -0.05) is 70.4 Å². The molecular weight excluding hydrogens is 354 g/mol. The quantitative estimate of drug-likeness (QED) is 0.401. The lowest BCUT2D eigenvalue weighted by Crippen LogP contribution is -2.43. The maximum atomic E-state index is 12.7. The van der Waals surface area contributed by atoms with Crippen molar-refractivity contribution in [1.29, 1.82) is 0 Å². The van der Waals surface area contributed by atoms with Crippen LogP contribution in [0.15, 0.2) is 10.6 Å². The Morgan fingerprint density at radius 3 is 2.21 bits per heavy atom. The second kappa shape index (κ2) is 14.2. The number of amides is 2. The molecule has 6 nitrogen and oxygen atoms in total. The molecule has 160 valence electrons. The lowest BCUT2D eigenvalue weighted by molar-refractivity contribution is -0.136. The van der Waals surface area contributed by atoms with Crippen LogP contribution in [0.3, 0.4) is 0 Å². The van der Waals surface area contributed by atoms with E-state index in [0.717, 1.165) is 19.3 Å². The summed E-state index contributed by atoms with van der Waals surface area (Å²) in [5, 5.41) is 6.46. The van der Waals surface area contributed by atoms with Crippen LogP contribution in [0.2, 0.25) is 0 Å². The standard InChI is InChI=1S/C22H39N3O3/c1-5-7-8-9-10-11-12-13-14-15-22(27)25(18(3)6-2)17-21(26)23-20-16-19(4)28-24-20/h16,18H,5-15,17H2,1-4H3,(H,23,24,26)/t18-/m0/s1. The SMILES string of the molecule is CCCCCCCCCCCC(=O)N(CC(=O)Nc1cc(C)on1)[C@@H](C)CC. The molecule has 0 aliphatic carbocycles. The number of carbonyl (C=O) groups excluding carboxylic acids is 2. The Balaban J connectivity index is 2.32. The molecule has 0 saturated carbocycles. The lowest BCUT2D eigenvalue weighted by atomic mass is 10.1. The molecule has 0 fully saturated rings.